The van der Waals surface area contributed by atoms with E-state index in [1.165, 1.54) is 0 Å². The largest absolute Gasteiger partial charge is 0.383 e. The smallest absolute Gasteiger partial charge is 0.129 e. The molecular formula is C13H23N3O2. The Morgan fingerprint density at radius 1 is 1.17 bits per heavy atom. The van der Waals surface area contributed by atoms with Crippen molar-refractivity contribution in [1.82, 2.24) is 10.3 Å². The lowest BCUT2D eigenvalue weighted by Crippen LogP contribution is -2.31. The molecule has 1 N–H and O–H groups in total. The molecular weight excluding hydrogens is 230 g/mol. The van der Waals surface area contributed by atoms with Crippen LogP contribution in [-0.4, -0.2) is 52.6 Å². The Labute approximate surface area is 109 Å². The van der Waals surface area contributed by atoms with Gasteiger partial charge >= 0.3 is 0 Å². The highest BCUT2D eigenvalue weighted by molar-refractivity contribution is 5.39. The van der Waals surface area contributed by atoms with Crippen molar-refractivity contribution in [1.29, 1.82) is 0 Å². The summed E-state index contributed by atoms with van der Waals surface area (Å²) in [5, 5.41) is 3.11. The number of aromatic nitrogens is 1. The van der Waals surface area contributed by atoms with E-state index < -0.39 is 0 Å². The number of anilines is 1. The molecule has 0 saturated heterocycles. The molecule has 1 heterocycles. The lowest BCUT2D eigenvalue weighted by molar-refractivity contribution is 0.190. The molecule has 0 spiro atoms. The van der Waals surface area contributed by atoms with E-state index in [1.54, 1.807) is 14.2 Å². The number of rotatable bonds is 9. The Kier molecular flexibility index (Phi) is 7.32. The van der Waals surface area contributed by atoms with Crippen molar-refractivity contribution in [3.8, 4) is 0 Å². The van der Waals surface area contributed by atoms with E-state index in [9.17, 15) is 0 Å². The highest BCUT2D eigenvalue weighted by Gasteiger charge is 2.08. The second-order valence-electron chi connectivity index (χ2n) is 3.99. The molecule has 0 amide bonds. The Hall–Kier alpha value is -1.17. The van der Waals surface area contributed by atoms with Gasteiger partial charge in [-0.25, -0.2) is 4.98 Å². The fraction of sp³-hybridized carbons (Fsp3) is 0.615. The minimum atomic E-state index is 0.682. The van der Waals surface area contributed by atoms with Crippen molar-refractivity contribution < 1.29 is 9.47 Å². The Morgan fingerprint density at radius 3 is 2.39 bits per heavy atom. The van der Waals surface area contributed by atoms with Gasteiger partial charge in [0.1, 0.15) is 5.82 Å². The minimum Gasteiger partial charge on any atom is -0.383 e. The molecule has 18 heavy (non-hydrogen) atoms. The molecule has 1 aromatic heterocycles. The first kappa shape index (κ1) is 14.9. The highest BCUT2D eigenvalue weighted by Crippen LogP contribution is 2.11. The molecule has 0 unspecified atom stereocenters. The van der Waals surface area contributed by atoms with Crippen LogP contribution in [-0.2, 0) is 16.0 Å². The van der Waals surface area contributed by atoms with Crippen LogP contribution in [0.2, 0.25) is 0 Å². The van der Waals surface area contributed by atoms with Gasteiger partial charge in [0.05, 0.1) is 18.9 Å². The van der Waals surface area contributed by atoms with E-state index in [1.807, 2.05) is 25.2 Å². The molecule has 5 heteroatoms. The standard InChI is InChI=1S/C13H23N3O2/c1-14-11-12-5-4-6-13(15-12)16(7-9-17-2)8-10-18-3/h4-6,14H,7-11H2,1-3H3. The molecule has 0 radical (unpaired) electrons. The second kappa shape index (κ2) is 8.85. The van der Waals surface area contributed by atoms with Crippen molar-refractivity contribution >= 4 is 5.82 Å². The maximum absolute atomic E-state index is 5.13. The van der Waals surface area contributed by atoms with Gasteiger partial charge in [-0.3, -0.25) is 0 Å². The maximum atomic E-state index is 5.13. The van der Waals surface area contributed by atoms with Crippen molar-refractivity contribution in [3.05, 3.63) is 23.9 Å². The van der Waals surface area contributed by atoms with Gasteiger partial charge in [0, 0.05) is 33.9 Å². The normalized spacial score (nSPS) is 10.6. The van der Waals surface area contributed by atoms with E-state index >= 15 is 0 Å². The Balaban J connectivity index is 2.72. The van der Waals surface area contributed by atoms with Gasteiger partial charge in [-0.1, -0.05) is 6.07 Å². The number of ether oxygens (including phenoxy) is 2. The zero-order valence-corrected chi connectivity index (χ0v) is 11.5. The topological polar surface area (TPSA) is 46.6 Å². The maximum Gasteiger partial charge on any atom is 0.129 e. The Morgan fingerprint density at radius 2 is 1.83 bits per heavy atom. The van der Waals surface area contributed by atoms with Crippen LogP contribution >= 0.6 is 0 Å². The third-order valence-electron chi connectivity index (χ3n) is 2.60. The fourth-order valence-corrected chi connectivity index (χ4v) is 1.67. The summed E-state index contributed by atoms with van der Waals surface area (Å²) in [4.78, 5) is 6.79. The predicted molar refractivity (Wildman–Crippen MR) is 73.0 cm³/mol. The molecule has 0 saturated carbocycles. The number of hydrogen-bond acceptors (Lipinski definition) is 5. The Bertz CT molecular complexity index is 326. The van der Waals surface area contributed by atoms with Gasteiger partial charge < -0.3 is 19.7 Å². The predicted octanol–water partition coefficient (Wildman–Crippen LogP) is 0.900. The van der Waals surface area contributed by atoms with E-state index in [0.717, 1.165) is 31.1 Å². The quantitative estimate of drug-likeness (QED) is 0.708. The van der Waals surface area contributed by atoms with Gasteiger partial charge in [0.2, 0.25) is 0 Å². The van der Waals surface area contributed by atoms with Crippen molar-refractivity contribution in [2.75, 3.05) is 52.5 Å². The molecule has 0 aromatic carbocycles. The summed E-state index contributed by atoms with van der Waals surface area (Å²) < 4.78 is 10.3. The molecule has 0 aliphatic rings. The van der Waals surface area contributed by atoms with Crippen LogP contribution in [0, 0.1) is 0 Å². The summed E-state index contributed by atoms with van der Waals surface area (Å²) in [6.45, 7) is 3.77. The summed E-state index contributed by atoms with van der Waals surface area (Å²) in [6, 6.07) is 6.07. The molecule has 102 valence electrons. The first-order chi connectivity index (χ1) is 8.81. The molecule has 1 rings (SSSR count). The molecule has 0 fully saturated rings. The summed E-state index contributed by atoms with van der Waals surface area (Å²) in [6.07, 6.45) is 0. The van der Waals surface area contributed by atoms with Crippen LogP contribution in [0.25, 0.3) is 0 Å². The number of nitrogens with one attached hydrogen (secondary N) is 1. The SMILES string of the molecule is CNCc1cccc(N(CCOC)CCOC)n1. The van der Waals surface area contributed by atoms with E-state index in [2.05, 4.69) is 15.2 Å². The molecule has 0 aliphatic carbocycles. The molecule has 0 aliphatic heterocycles. The van der Waals surface area contributed by atoms with E-state index in [0.29, 0.717) is 13.2 Å². The summed E-state index contributed by atoms with van der Waals surface area (Å²) in [5.74, 6) is 0.969. The van der Waals surface area contributed by atoms with E-state index in [-0.39, 0.29) is 0 Å². The van der Waals surface area contributed by atoms with Gasteiger partial charge in [0.25, 0.3) is 0 Å². The monoisotopic (exact) mass is 253 g/mol. The third kappa shape index (κ3) is 5.00. The average molecular weight is 253 g/mol. The van der Waals surface area contributed by atoms with Crippen LogP contribution in [0.15, 0.2) is 18.2 Å². The zero-order valence-electron chi connectivity index (χ0n) is 11.5. The van der Waals surface area contributed by atoms with Crippen LogP contribution in [0.5, 0.6) is 0 Å². The van der Waals surface area contributed by atoms with Crippen LogP contribution < -0.4 is 10.2 Å². The fourth-order valence-electron chi connectivity index (χ4n) is 1.67. The van der Waals surface area contributed by atoms with Gasteiger partial charge in [0.15, 0.2) is 0 Å². The second-order valence-corrected chi connectivity index (χ2v) is 3.99. The number of pyridine rings is 1. The van der Waals surface area contributed by atoms with Gasteiger partial charge in [-0.15, -0.1) is 0 Å². The number of nitrogens with zero attached hydrogens (tertiary/aromatic N) is 2. The number of hydrogen-bond donors (Lipinski definition) is 1. The lowest BCUT2D eigenvalue weighted by Gasteiger charge is -2.23. The van der Waals surface area contributed by atoms with Gasteiger partial charge in [-0.05, 0) is 19.2 Å². The van der Waals surface area contributed by atoms with Gasteiger partial charge in [-0.2, -0.15) is 0 Å². The summed E-state index contributed by atoms with van der Waals surface area (Å²) in [7, 11) is 5.33. The summed E-state index contributed by atoms with van der Waals surface area (Å²) in [5.41, 5.74) is 1.04. The lowest BCUT2D eigenvalue weighted by atomic mass is 10.3. The first-order valence-corrected chi connectivity index (χ1v) is 6.15. The van der Waals surface area contributed by atoms with Crippen molar-refractivity contribution in [2.24, 2.45) is 0 Å². The summed E-state index contributed by atoms with van der Waals surface area (Å²) >= 11 is 0. The van der Waals surface area contributed by atoms with Crippen molar-refractivity contribution in [3.63, 3.8) is 0 Å². The zero-order chi connectivity index (χ0) is 13.2. The molecule has 5 nitrogen and oxygen atoms in total. The molecule has 0 bridgehead atoms. The molecule has 1 aromatic rings. The minimum absolute atomic E-state index is 0.682. The average Bonchev–Trinajstić information content (AvgIpc) is 2.40. The molecule has 0 atom stereocenters. The first-order valence-electron chi connectivity index (χ1n) is 6.15. The van der Waals surface area contributed by atoms with Crippen molar-refractivity contribution in [2.45, 2.75) is 6.54 Å². The van der Waals surface area contributed by atoms with Crippen LogP contribution in [0.3, 0.4) is 0 Å². The van der Waals surface area contributed by atoms with E-state index in [4.69, 9.17) is 9.47 Å². The van der Waals surface area contributed by atoms with Crippen LogP contribution in [0.1, 0.15) is 5.69 Å². The highest BCUT2D eigenvalue weighted by atomic mass is 16.5. The van der Waals surface area contributed by atoms with Crippen LogP contribution in [0.4, 0.5) is 5.82 Å². The third-order valence-corrected chi connectivity index (χ3v) is 2.60. The number of methoxy groups -OCH3 is 2.